The van der Waals surface area contributed by atoms with Gasteiger partial charge in [0.05, 0.1) is 52.6 Å². The summed E-state index contributed by atoms with van der Waals surface area (Å²) in [5.74, 6) is 0. The maximum absolute atomic E-state index is 5.95. The molecule has 0 amide bonds. The molecule has 0 aromatic heterocycles. The molecule has 0 spiro atoms. The predicted molar refractivity (Wildman–Crippen MR) is 83.8 cm³/mol. The molecule has 0 unspecified atom stereocenters. The Morgan fingerprint density at radius 3 is 1.91 bits per heavy atom. The van der Waals surface area contributed by atoms with Gasteiger partial charge in [-0.15, -0.1) is 0 Å². The summed E-state index contributed by atoms with van der Waals surface area (Å²) in [6, 6.07) is 0. The van der Waals surface area contributed by atoms with E-state index in [9.17, 15) is 0 Å². The Bertz CT molecular complexity index is 250. The van der Waals surface area contributed by atoms with Crippen molar-refractivity contribution in [2.24, 2.45) is 0 Å². The Morgan fingerprint density at radius 1 is 0.909 bits per heavy atom. The number of morpholine rings is 1. The molecule has 1 rings (SSSR count). The number of nitrogens with zero attached hydrogens (tertiary/aromatic N) is 2. The van der Waals surface area contributed by atoms with Gasteiger partial charge in [-0.25, -0.2) is 0 Å². The number of quaternary nitrogens is 2. The number of likely N-dealkylation sites (N-methyl/N-ethyl adjacent to an activating group) is 2. The fourth-order valence-electron chi connectivity index (χ4n) is 3.19. The Morgan fingerprint density at radius 2 is 1.45 bits per heavy atom. The fraction of sp³-hybridized carbons (Fsp3) is 1.00. The van der Waals surface area contributed by atoms with Gasteiger partial charge < -0.3 is 52.4 Å². The highest BCUT2D eigenvalue weighted by Gasteiger charge is 2.28. The third-order valence-corrected chi connectivity index (χ3v) is 5.52. The molecule has 0 N–H and O–H groups in total. The molecule has 0 aromatic carbocycles. The van der Waals surface area contributed by atoms with Crippen LogP contribution >= 0.6 is 0 Å². The largest absolute Gasteiger partial charge is 1.00 e. The van der Waals surface area contributed by atoms with E-state index in [-0.39, 0.29) is 34.0 Å². The summed E-state index contributed by atoms with van der Waals surface area (Å²) in [7, 11) is 0. The van der Waals surface area contributed by atoms with E-state index in [0.29, 0.717) is 0 Å². The molecular formula is C16H36Br2N2O2. The molecule has 0 saturated carbocycles. The first-order chi connectivity index (χ1) is 9.66. The monoisotopic (exact) mass is 446 g/mol. The first-order valence-electron chi connectivity index (χ1n) is 8.51. The zero-order valence-corrected chi connectivity index (χ0v) is 18.1. The van der Waals surface area contributed by atoms with E-state index < -0.39 is 0 Å². The molecule has 1 heterocycles. The number of halogens is 2. The maximum atomic E-state index is 5.95. The highest BCUT2D eigenvalue weighted by Crippen LogP contribution is 2.11. The van der Waals surface area contributed by atoms with E-state index in [0.717, 1.165) is 52.6 Å². The summed E-state index contributed by atoms with van der Waals surface area (Å²) in [5.41, 5.74) is 0. The lowest BCUT2D eigenvalue weighted by molar-refractivity contribution is -0.934. The lowest BCUT2D eigenvalue weighted by Crippen LogP contribution is -3.00. The SMILES string of the molecule is CC[N+](CC)(CC)CCOCC[N+]1(CC)CCOCC1.[Br-].[Br-]. The highest BCUT2D eigenvalue weighted by molar-refractivity contribution is 4.49. The van der Waals surface area contributed by atoms with Crippen molar-refractivity contribution in [3.63, 3.8) is 0 Å². The topological polar surface area (TPSA) is 18.5 Å². The van der Waals surface area contributed by atoms with Crippen LogP contribution in [-0.2, 0) is 9.47 Å². The number of hydrogen-bond acceptors (Lipinski definition) is 2. The average Bonchev–Trinajstić information content (AvgIpc) is 2.52. The van der Waals surface area contributed by atoms with E-state index in [1.165, 1.54) is 35.1 Å². The molecule has 1 aliphatic heterocycles. The minimum atomic E-state index is 0. The second kappa shape index (κ2) is 13.1. The zero-order valence-electron chi connectivity index (χ0n) is 15.0. The molecule has 0 radical (unpaired) electrons. The first-order valence-corrected chi connectivity index (χ1v) is 8.51. The molecule has 0 atom stereocenters. The molecular weight excluding hydrogens is 412 g/mol. The van der Waals surface area contributed by atoms with E-state index >= 15 is 0 Å². The minimum absolute atomic E-state index is 0. The second-order valence-corrected chi connectivity index (χ2v) is 6.07. The predicted octanol–water partition coefficient (Wildman–Crippen LogP) is -4.25. The van der Waals surface area contributed by atoms with Gasteiger partial charge in [-0.3, -0.25) is 0 Å². The maximum Gasteiger partial charge on any atom is 0.103 e. The molecule has 136 valence electrons. The van der Waals surface area contributed by atoms with Crippen molar-refractivity contribution < 1.29 is 52.4 Å². The van der Waals surface area contributed by atoms with Crippen molar-refractivity contribution in [3.8, 4) is 0 Å². The minimum Gasteiger partial charge on any atom is -1.00 e. The van der Waals surface area contributed by atoms with Gasteiger partial charge in [0.2, 0.25) is 0 Å². The van der Waals surface area contributed by atoms with Crippen LogP contribution in [-0.4, -0.2) is 87.8 Å². The summed E-state index contributed by atoms with van der Waals surface area (Å²) in [5, 5.41) is 0. The first kappa shape index (κ1) is 25.0. The van der Waals surface area contributed by atoms with E-state index in [1.807, 2.05) is 0 Å². The van der Waals surface area contributed by atoms with Gasteiger partial charge in [-0.2, -0.15) is 0 Å². The van der Waals surface area contributed by atoms with Crippen molar-refractivity contribution in [1.82, 2.24) is 0 Å². The molecule has 1 fully saturated rings. The van der Waals surface area contributed by atoms with Crippen LogP contribution in [0.1, 0.15) is 27.7 Å². The smallest absolute Gasteiger partial charge is 0.103 e. The van der Waals surface area contributed by atoms with E-state index in [1.54, 1.807) is 0 Å². The van der Waals surface area contributed by atoms with E-state index in [2.05, 4.69) is 27.7 Å². The molecule has 22 heavy (non-hydrogen) atoms. The van der Waals surface area contributed by atoms with Crippen LogP contribution in [0.15, 0.2) is 0 Å². The normalized spacial score (nSPS) is 17.5. The van der Waals surface area contributed by atoms with Crippen LogP contribution in [0, 0.1) is 0 Å². The van der Waals surface area contributed by atoms with Crippen molar-refractivity contribution in [3.05, 3.63) is 0 Å². The van der Waals surface area contributed by atoms with Gasteiger partial charge in [0.15, 0.2) is 0 Å². The number of ether oxygens (including phenoxy) is 2. The third-order valence-electron chi connectivity index (χ3n) is 5.52. The van der Waals surface area contributed by atoms with Crippen LogP contribution in [0.5, 0.6) is 0 Å². The zero-order chi connectivity index (χ0) is 14.9. The second-order valence-electron chi connectivity index (χ2n) is 6.07. The highest BCUT2D eigenvalue weighted by atomic mass is 79.9. The standard InChI is InChI=1S/C16H36N2O2.2BrH/c1-5-17(6-2,7-3)9-13-19-14-10-18(8-4)11-15-20-16-12-18;;/h5-16H2,1-4H3;2*1H/q+2;;/p-2. The summed E-state index contributed by atoms with van der Waals surface area (Å²) >= 11 is 0. The van der Waals surface area contributed by atoms with Gasteiger partial charge in [0, 0.05) is 0 Å². The van der Waals surface area contributed by atoms with Crippen LogP contribution in [0.4, 0.5) is 0 Å². The molecule has 0 aliphatic carbocycles. The fourth-order valence-corrected chi connectivity index (χ4v) is 3.19. The Labute approximate surface area is 158 Å². The summed E-state index contributed by atoms with van der Waals surface area (Å²) in [6.45, 7) is 22.2. The summed E-state index contributed by atoms with van der Waals surface area (Å²) in [4.78, 5) is 0. The third kappa shape index (κ3) is 7.58. The van der Waals surface area contributed by atoms with Crippen LogP contribution < -0.4 is 34.0 Å². The summed E-state index contributed by atoms with van der Waals surface area (Å²) < 4.78 is 13.8. The lowest BCUT2D eigenvalue weighted by atomic mass is 10.3. The molecule has 6 heteroatoms. The van der Waals surface area contributed by atoms with Crippen molar-refractivity contribution in [2.75, 3.05) is 78.8 Å². The molecule has 4 nitrogen and oxygen atoms in total. The Balaban J connectivity index is 0. The Kier molecular flexibility index (Phi) is 14.9. The Hall–Kier alpha value is 0.800. The van der Waals surface area contributed by atoms with Crippen LogP contribution in [0.3, 0.4) is 0 Å². The number of rotatable bonds is 10. The van der Waals surface area contributed by atoms with E-state index in [4.69, 9.17) is 9.47 Å². The molecule has 0 aromatic rings. The quantitative estimate of drug-likeness (QED) is 0.249. The van der Waals surface area contributed by atoms with Gasteiger partial charge >= 0.3 is 0 Å². The van der Waals surface area contributed by atoms with Crippen molar-refractivity contribution in [1.29, 1.82) is 0 Å². The average molecular weight is 448 g/mol. The molecule has 0 bridgehead atoms. The lowest BCUT2D eigenvalue weighted by Gasteiger charge is -2.40. The van der Waals surface area contributed by atoms with Crippen LogP contribution in [0.25, 0.3) is 0 Å². The van der Waals surface area contributed by atoms with Gasteiger partial charge in [0.25, 0.3) is 0 Å². The van der Waals surface area contributed by atoms with Gasteiger partial charge in [-0.1, -0.05) is 0 Å². The molecule has 1 saturated heterocycles. The van der Waals surface area contributed by atoms with Gasteiger partial charge in [-0.05, 0) is 27.7 Å². The van der Waals surface area contributed by atoms with Crippen molar-refractivity contribution >= 4 is 0 Å². The van der Waals surface area contributed by atoms with Crippen molar-refractivity contribution in [2.45, 2.75) is 27.7 Å². The molecule has 1 aliphatic rings. The van der Waals surface area contributed by atoms with Gasteiger partial charge in [0.1, 0.15) is 26.2 Å². The summed E-state index contributed by atoms with van der Waals surface area (Å²) in [6.07, 6.45) is 0. The number of hydrogen-bond donors (Lipinski definition) is 0. The van der Waals surface area contributed by atoms with Crippen LogP contribution in [0.2, 0.25) is 0 Å².